The van der Waals surface area contributed by atoms with Crippen LogP contribution < -0.4 is 0 Å². The van der Waals surface area contributed by atoms with Crippen LogP contribution in [0.4, 0.5) is 4.39 Å². The van der Waals surface area contributed by atoms with E-state index in [0.29, 0.717) is 23.8 Å². The molecule has 1 aromatic carbocycles. The fourth-order valence-corrected chi connectivity index (χ4v) is 4.74. The molecule has 1 aromatic heterocycles. The Hall–Kier alpha value is -2.78. The Morgan fingerprint density at radius 3 is 2.74 bits per heavy atom. The van der Waals surface area contributed by atoms with Gasteiger partial charge in [0.05, 0.1) is 18.1 Å². The van der Waals surface area contributed by atoms with Gasteiger partial charge in [0, 0.05) is 18.9 Å². The SMILES string of the molecule is CCN(O)C(=O)CCc1ccc(F)cc1CC1C2CCC(O2)C1c1nc(C(=O)O)co1. The maximum atomic E-state index is 14.1. The first-order chi connectivity index (χ1) is 14.9. The van der Waals surface area contributed by atoms with Gasteiger partial charge in [0.15, 0.2) is 5.69 Å². The second-order valence-electron chi connectivity index (χ2n) is 8.08. The van der Waals surface area contributed by atoms with Gasteiger partial charge < -0.3 is 14.3 Å². The minimum absolute atomic E-state index is 0.0408. The number of aromatic nitrogens is 1. The summed E-state index contributed by atoms with van der Waals surface area (Å²) in [7, 11) is 0. The second-order valence-corrected chi connectivity index (χ2v) is 8.08. The first kappa shape index (κ1) is 21.5. The molecule has 4 unspecified atom stereocenters. The van der Waals surface area contributed by atoms with E-state index in [9.17, 15) is 19.2 Å². The van der Waals surface area contributed by atoms with E-state index in [1.54, 1.807) is 13.0 Å². The quantitative estimate of drug-likeness (QED) is 0.486. The number of hydrogen-bond donors (Lipinski definition) is 2. The number of hydrogen-bond acceptors (Lipinski definition) is 6. The van der Waals surface area contributed by atoms with Crippen LogP contribution in [0.2, 0.25) is 0 Å². The van der Waals surface area contributed by atoms with Crippen molar-refractivity contribution in [2.24, 2.45) is 5.92 Å². The number of ether oxygens (including phenoxy) is 1. The molecule has 0 saturated carbocycles. The molecule has 2 N–H and O–H groups in total. The van der Waals surface area contributed by atoms with Gasteiger partial charge in [-0.2, -0.15) is 0 Å². The highest BCUT2D eigenvalue weighted by molar-refractivity contribution is 5.84. The lowest BCUT2D eigenvalue weighted by molar-refractivity contribution is -0.164. The van der Waals surface area contributed by atoms with Gasteiger partial charge in [0.1, 0.15) is 12.1 Å². The smallest absolute Gasteiger partial charge is 0.357 e. The highest BCUT2D eigenvalue weighted by atomic mass is 19.1. The molecular formula is C22H25FN2O6. The van der Waals surface area contributed by atoms with E-state index in [1.807, 2.05) is 0 Å². The topological polar surface area (TPSA) is 113 Å². The molecule has 2 aliphatic rings. The van der Waals surface area contributed by atoms with Crippen LogP contribution in [-0.2, 0) is 22.4 Å². The number of carboxylic acids is 1. The zero-order valence-electron chi connectivity index (χ0n) is 17.2. The van der Waals surface area contributed by atoms with Crippen LogP contribution in [0.5, 0.6) is 0 Å². The molecule has 2 aliphatic heterocycles. The third-order valence-corrected chi connectivity index (χ3v) is 6.27. The fraction of sp³-hybridized carbons (Fsp3) is 0.500. The zero-order chi connectivity index (χ0) is 22.1. The average molecular weight is 432 g/mol. The van der Waals surface area contributed by atoms with Crippen molar-refractivity contribution in [3.05, 3.63) is 53.0 Å². The molecule has 3 heterocycles. The summed E-state index contributed by atoms with van der Waals surface area (Å²) < 4.78 is 25.6. The summed E-state index contributed by atoms with van der Waals surface area (Å²) in [6, 6.07) is 4.50. The molecule has 9 heteroatoms. The molecule has 1 amide bonds. The molecule has 4 rings (SSSR count). The molecule has 8 nitrogen and oxygen atoms in total. The number of aromatic carboxylic acids is 1. The van der Waals surface area contributed by atoms with E-state index >= 15 is 0 Å². The third-order valence-electron chi connectivity index (χ3n) is 6.27. The maximum absolute atomic E-state index is 14.1. The van der Waals surface area contributed by atoms with Crippen LogP contribution in [0.3, 0.4) is 0 Å². The van der Waals surface area contributed by atoms with Crippen LogP contribution in [0.1, 0.15) is 59.6 Å². The Labute approximate surface area is 178 Å². The van der Waals surface area contributed by atoms with E-state index in [1.165, 1.54) is 12.1 Å². The Kier molecular flexibility index (Phi) is 6.06. The van der Waals surface area contributed by atoms with Crippen molar-refractivity contribution in [1.29, 1.82) is 0 Å². The monoisotopic (exact) mass is 432 g/mol. The van der Waals surface area contributed by atoms with Crippen LogP contribution >= 0.6 is 0 Å². The summed E-state index contributed by atoms with van der Waals surface area (Å²) in [6.07, 6.45) is 3.67. The van der Waals surface area contributed by atoms with Crippen LogP contribution in [0.15, 0.2) is 28.9 Å². The summed E-state index contributed by atoms with van der Waals surface area (Å²) in [5, 5.41) is 19.4. The second kappa shape index (κ2) is 8.76. The number of carbonyl (C=O) groups excluding carboxylic acids is 1. The van der Waals surface area contributed by atoms with Gasteiger partial charge in [-0.15, -0.1) is 0 Å². The fourth-order valence-electron chi connectivity index (χ4n) is 4.74. The van der Waals surface area contributed by atoms with Crippen molar-refractivity contribution in [3.63, 3.8) is 0 Å². The summed E-state index contributed by atoms with van der Waals surface area (Å²) in [4.78, 5) is 27.3. The number of oxazole rings is 1. The van der Waals surface area contributed by atoms with Crippen LogP contribution in [0.25, 0.3) is 0 Å². The molecular weight excluding hydrogens is 407 g/mol. The predicted octanol–water partition coefficient (Wildman–Crippen LogP) is 3.19. The largest absolute Gasteiger partial charge is 0.476 e. The molecule has 2 saturated heterocycles. The third kappa shape index (κ3) is 4.33. The number of carboxylic acid groups (broad SMARTS) is 1. The standard InChI is InChI=1S/C22H25FN2O6/c1-2-25(29)19(26)8-4-12-3-5-14(23)9-13(12)10-15-17-6-7-18(31-17)20(15)21-24-16(11-30-21)22(27)28/h3,5,9,11,15,17-18,20,29H,2,4,6-8,10H2,1H3,(H,27,28). The molecule has 166 valence electrons. The van der Waals surface area contributed by atoms with E-state index in [2.05, 4.69) is 4.98 Å². The number of carbonyl (C=O) groups is 2. The first-order valence-corrected chi connectivity index (χ1v) is 10.5. The van der Waals surface area contributed by atoms with Crippen LogP contribution in [-0.4, -0.2) is 51.0 Å². The van der Waals surface area contributed by atoms with Gasteiger partial charge >= 0.3 is 5.97 Å². The summed E-state index contributed by atoms with van der Waals surface area (Å²) in [6.45, 7) is 1.88. The zero-order valence-corrected chi connectivity index (χ0v) is 17.2. The minimum atomic E-state index is -1.15. The summed E-state index contributed by atoms with van der Waals surface area (Å²) in [5.74, 6) is -1.83. The van der Waals surface area contributed by atoms with E-state index < -0.39 is 5.97 Å². The highest BCUT2D eigenvalue weighted by Gasteiger charge is 2.51. The predicted molar refractivity (Wildman–Crippen MR) is 105 cm³/mol. The average Bonchev–Trinajstić information content (AvgIpc) is 3.48. The minimum Gasteiger partial charge on any atom is -0.476 e. The van der Waals surface area contributed by atoms with Crippen molar-refractivity contribution in [2.45, 2.75) is 57.2 Å². The number of fused-ring (bicyclic) bond motifs is 2. The number of amides is 1. The van der Waals surface area contributed by atoms with Gasteiger partial charge in [-0.25, -0.2) is 19.2 Å². The van der Waals surface area contributed by atoms with Crippen molar-refractivity contribution in [2.75, 3.05) is 6.54 Å². The lowest BCUT2D eigenvalue weighted by atomic mass is 9.75. The number of benzene rings is 1. The molecule has 0 spiro atoms. The van der Waals surface area contributed by atoms with Crippen molar-refractivity contribution in [1.82, 2.24) is 10.0 Å². The summed E-state index contributed by atoms with van der Waals surface area (Å²) >= 11 is 0. The molecule has 0 aliphatic carbocycles. The molecule has 2 aromatic rings. The first-order valence-electron chi connectivity index (χ1n) is 10.5. The Morgan fingerprint density at radius 2 is 2.03 bits per heavy atom. The Bertz CT molecular complexity index is 977. The van der Waals surface area contributed by atoms with Crippen LogP contribution in [0, 0.1) is 11.7 Å². The summed E-state index contributed by atoms with van der Waals surface area (Å²) in [5.41, 5.74) is 1.45. The normalized spacial score (nSPS) is 24.5. The van der Waals surface area contributed by atoms with E-state index in [4.69, 9.17) is 14.3 Å². The van der Waals surface area contributed by atoms with Gasteiger partial charge in [-0.05, 0) is 55.9 Å². The number of halogens is 1. The maximum Gasteiger partial charge on any atom is 0.357 e. The number of aryl methyl sites for hydroxylation is 1. The van der Waals surface area contributed by atoms with E-state index in [-0.39, 0.29) is 54.4 Å². The van der Waals surface area contributed by atoms with E-state index in [0.717, 1.165) is 30.2 Å². The number of rotatable bonds is 8. The number of nitrogens with zero attached hydrogens (tertiary/aromatic N) is 2. The van der Waals surface area contributed by atoms with Gasteiger partial charge in [0.2, 0.25) is 11.8 Å². The lowest BCUT2D eigenvalue weighted by Gasteiger charge is -2.26. The van der Waals surface area contributed by atoms with Gasteiger partial charge in [-0.3, -0.25) is 10.0 Å². The Morgan fingerprint density at radius 1 is 1.26 bits per heavy atom. The molecule has 0 radical (unpaired) electrons. The molecule has 31 heavy (non-hydrogen) atoms. The molecule has 4 atom stereocenters. The van der Waals surface area contributed by atoms with Crippen molar-refractivity contribution >= 4 is 11.9 Å². The highest BCUT2D eigenvalue weighted by Crippen LogP contribution is 2.50. The van der Waals surface area contributed by atoms with Gasteiger partial charge in [-0.1, -0.05) is 6.07 Å². The number of hydroxylamine groups is 2. The van der Waals surface area contributed by atoms with Crippen molar-refractivity contribution in [3.8, 4) is 0 Å². The molecule has 2 fully saturated rings. The van der Waals surface area contributed by atoms with Gasteiger partial charge in [0.25, 0.3) is 0 Å². The lowest BCUT2D eigenvalue weighted by Crippen LogP contribution is -2.28. The van der Waals surface area contributed by atoms with Crippen molar-refractivity contribution < 1.29 is 33.4 Å². The Balaban J connectivity index is 1.56. The molecule has 2 bridgehead atoms.